The average Bonchev–Trinajstić information content (AvgIpc) is 3.28. The summed E-state index contributed by atoms with van der Waals surface area (Å²) >= 11 is 5.98. The van der Waals surface area contributed by atoms with Crippen molar-refractivity contribution < 1.29 is 14.3 Å². The maximum absolute atomic E-state index is 11.8. The Hall–Kier alpha value is -2.08. The molecule has 22 heavy (non-hydrogen) atoms. The fourth-order valence-corrected chi connectivity index (χ4v) is 2.52. The normalized spacial score (nSPS) is 14.0. The Bertz CT molecular complexity index is 710. The summed E-state index contributed by atoms with van der Waals surface area (Å²) < 4.78 is 12.6. The zero-order valence-corrected chi connectivity index (χ0v) is 13.1. The van der Waals surface area contributed by atoms with E-state index in [-0.39, 0.29) is 6.61 Å². The lowest BCUT2D eigenvalue weighted by molar-refractivity contribution is 0.0595. The first-order valence-corrected chi connectivity index (χ1v) is 7.39. The van der Waals surface area contributed by atoms with Crippen molar-refractivity contribution in [3.63, 3.8) is 0 Å². The summed E-state index contributed by atoms with van der Waals surface area (Å²) in [6.45, 7) is 2.15. The minimum Gasteiger partial charge on any atom is -0.485 e. The summed E-state index contributed by atoms with van der Waals surface area (Å²) in [5, 5.41) is 8.73. The molecule has 0 amide bonds. The van der Waals surface area contributed by atoms with Crippen LogP contribution in [-0.4, -0.2) is 27.8 Å². The highest BCUT2D eigenvalue weighted by Crippen LogP contribution is 2.36. The van der Waals surface area contributed by atoms with Crippen LogP contribution in [0.2, 0.25) is 5.02 Å². The zero-order valence-electron chi connectivity index (χ0n) is 12.4. The number of rotatable bonds is 5. The fraction of sp³-hybridized carbons (Fsp3) is 0.400. The quantitative estimate of drug-likeness (QED) is 0.792. The molecular weight excluding hydrogens is 306 g/mol. The highest BCUT2D eigenvalue weighted by molar-refractivity contribution is 6.30. The van der Waals surface area contributed by atoms with E-state index in [0.29, 0.717) is 22.4 Å². The summed E-state index contributed by atoms with van der Waals surface area (Å²) in [5.74, 6) is 1.53. The molecule has 0 bridgehead atoms. The number of aromatic nitrogens is 3. The first-order chi connectivity index (χ1) is 10.6. The van der Waals surface area contributed by atoms with Gasteiger partial charge in [-0.3, -0.25) is 0 Å². The van der Waals surface area contributed by atoms with Crippen LogP contribution in [0.1, 0.15) is 40.9 Å². The summed E-state index contributed by atoms with van der Waals surface area (Å²) in [5.41, 5.74) is 0.334. The molecule has 3 rings (SSSR count). The molecule has 0 spiro atoms. The van der Waals surface area contributed by atoms with Gasteiger partial charge in [-0.05, 0) is 38.0 Å². The number of carbonyl (C=O) groups is 1. The van der Waals surface area contributed by atoms with Crippen LogP contribution in [-0.2, 0) is 11.3 Å². The number of nitrogens with zero attached hydrogens (tertiary/aromatic N) is 3. The van der Waals surface area contributed by atoms with Crippen LogP contribution in [0.4, 0.5) is 0 Å². The van der Waals surface area contributed by atoms with Gasteiger partial charge in [-0.1, -0.05) is 11.6 Å². The van der Waals surface area contributed by atoms with E-state index in [2.05, 4.69) is 14.8 Å². The summed E-state index contributed by atoms with van der Waals surface area (Å²) in [4.78, 5) is 11.8. The Morgan fingerprint density at radius 3 is 2.86 bits per heavy atom. The standard InChI is InChI=1S/C15H16ClN3O3/c1-9-17-18-14(19(9)11-4-5-11)8-22-13-7-10(16)3-6-12(13)15(20)21-2/h3,6-7,11H,4-5,8H2,1-2H3. The van der Waals surface area contributed by atoms with Crippen LogP contribution >= 0.6 is 11.6 Å². The van der Waals surface area contributed by atoms with Crippen molar-refractivity contribution in [3.8, 4) is 5.75 Å². The van der Waals surface area contributed by atoms with E-state index in [1.54, 1.807) is 18.2 Å². The molecular formula is C15H16ClN3O3. The van der Waals surface area contributed by atoms with E-state index >= 15 is 0 Å². The number of methoxy groups -OCH3 is 1. The maximum atomic E-state index is 11.8. The third kappa shape index (κ3) is 2.92. The SMILES string of the molecule is COC(=O)c1ccc(Cl)cc1OCc1nnc(C)n1C1CC1. The van der Waals surface area contributed by atoms with E-state index in [0.717, 1.165) is 24.5 Å². The van der Waals surface area contributed by atoms with Gasteiger partial charge < -0.3 is 14.0 Å². The second kappa shape index (κ2) is 5.96. The molecule has 0 unspecified atom stereocenters. The first kappa shape index (κ1) is 14.8. The van der Waals surface area contributed by atoms with Gasteiger partial charge in [-0.2, -0.15) is 0 Å². The lowest BCUT2D eigenvalue weighted by Crippen LogP contribution is -2.10. The predicted molar refractivity (Wildman–Crippen MR) is 80.2 cm³/mol. The lowest BCUT2D eigenvalue weighted by atomic mass is 10.2. The smallest absolute Gasteiger partial charge is 0.341 e. The number of hydrogen-bond donors (Lipinski definition) is 0. The van der Waals surface area contributed by atoms with Crippen molar-refractivity contribution in [2.24, 2.45) is 0 Å². The highest BCUT2D eigenvalue weighted by Gasteiger charge is 2.28. The van der Waals surface area contributed by atoms with Crippen LogP contribution in [0, 0.1) is 6.92 Å². The van der Waals surface area contributed by atoms with Gasteiger partial charge in [0, 0.05) is 11.1 Å². The molecule has 0 atom stereocenters. The third-order valence-corrected chi connectivity index (χ3v) is 3.79. The van der Waals surface area contributed by atoms with Gasteiger partial charge in [0.15, 0.2) is 5.82 Å². The van der Waals surface area contributed by atoms with E-state index in [1.165, 1.54) is 7.11 Å². The minimum absolute atomic E-state index is 0.224. The maximum Gasteiger partial charge on any atom is 0.341 e. The van der Waals surface area contributed by atoms with Crippen molar-refractivity contribution in [2.75, 3.05) is 7.11 Å². The van der Waals surface area contributed by atoms with E-state index < -0.39 is 5.97 Å². The van der Waals surface area contributed by atoms with Gasteiger partial charge >= 0.3 is 5.97 Å². The molecule has 1 aliphatic rings. The van der Waals surface area contributed by atoms with Gasteiger partial charge in [0.05, 0.1) is 7.11 Å². The Morgan fingerprint density at radius 2 is 2.18 bits per heavy atom. The largest absolute Gasteiger partial charge is 0.485 e. The minimum atomic E-state index is -0.466. The lowest BCUT2D eigenvalue weighted by Gasteiger charge is -2.11. The predicted octanol–water partition coefficient (Wildman–Crippen LogP) is 2.94. The van der Waals surface area contributed by atoms with Crippen LogP contribution in [0.3, 0.4) is 0 Å². The Morgan fingerprint density at radius 1 is 1.41 bits per heavy atom. The molecule has 116 valence electrons. The Kier molecular flexibility index (Phi) is 4.02. The van der Waals surface area contributed by atoms with Crippen molar-refractivity contribution in [1.82, 2.24) is 14.8 Å². The van der Waals surface area contributed by atoms with Crippen LogP contribution in [0.15, 0.2) is 18.2 Å². The molecule has 0 aliphatic heterocycles. The highest BCUT2D eigenvalue weighted by atomic mass is 35.5. The Balaban J connectivity index is 1.82. The number of halogens is 1. The number of carbonyl (C=O) groups excluding carboxylic acids is 1. The first-order valence-electron chi connectivity index (χ1n) is 7.01. The topological polar surface area (TPSA) is 66.2 Å². The van der Waals surface area contributed by atoms with Gasteiger partial charge in [-0.15, -0.1) is 10.2 Å². The van der Waals surface area contributed by atoms with Gasteiger partial charge in [0.25, 0.3) is 0 Å². The van der Waals surface area contributed by atoms with Crippen molar-refractivity contribution >= 4 is 17.6 Å². The number of hydrogen-bond acceptors (Lipinski definition) is 5. The second-order valence-corrected chi connectivity index (χ2v) is 5.62. The molecule has 0 N–H and O–H groups in total. The second-order valence-electron chi connectivity index (χ2n) is 5.19. The molecule has 0 saturated heterocycles. The summed E-state index contributed by atoms with van der Waals surface area (Å²) in [6.07, 6.45) is 2.27. The van der Waals surface area contributed by atoms with Gasteiger partial charge in [0.1, 0.15) is 23.7 Å². The fourth-order valence-electron chi connectivity index (χ4n) is 2.36. The number of benzene rings is 1. The summed E-state index contributed by atoms with van der Waals surface area (Å²) in [6, 6.07) is 5.27. The molecule has 1 fully saturated rings. The van der Waals surface area contributed by atoms with Crippen molar-refractivity contribution in [3.05, 3.63) is 40.4 Å². The molecule has 6 nitrogen and oxygen atoms in total. The molecule has 1 aromatic heterocycles. The van der Waals surface area contributed by atoms with Crippen molar-refractivity contribution in [2.45, 2.75) is 32.4 Å². The molecule has 0 radical (unpaired) electrons. The van der Waals surface area contributed by atoms with Crippen LogP contribution < -0.4 is 4.74 Å². The molecule has 1 aromatic carbocycles. The molecule has 2 aromatic rings. The van der Waals surface area contributed by atoms with E-state index in [4.69, 9.17) is 21.1 Å². The number of esters is 1. The molecule has 1 heterocycles. The molecule has 1 aliphatic carbocycles. The number of ether oxygens (including phenoxy) is 2. The summed E-state index contributed by atoms with van der Waals surface area (Å²) in [7, 11) is 1.33. The average molecular weight is 322 g/mol. The van der Waals surface area contributed by atoms with Crippen LogP contribution in [0.25, 0.3) is 0 Å². The van der Waals surface area contributed by atoms with Gasteiger partial charge in [-0.25, -0.2) is 4.79 Å². The molecule has 7 heteroatoms. The monoisotopic (exact) mass is 321 g/mol. The molecule has 1 saturated carbocycles. The van der Waals surface area contributed by atoms with Gasteiger partial charge in [0.2, 0.25) is 0 Å². The van der Waals surface area contributed by atoms with E-state index in [1.807, 2.05) is 6.92 Å². The Labute approximate surface area is 133 Å². The van der Waals surface area contributed by atoms with E-state index in [9.17, 15) is 4.79 Å². The van der Waals surface area contributed by atoms with Crippen LogP contribution in [0.5, 0.6) is 5.75 Å². The van der Waals surface area contributed by atoms with Crippen molar-refractivity contribution in [1.29, 1.82) is 0 Å². The number of aryl methyl sites for hydroxylation is 1. The zero-order chi connectivity index (χ0) is 15.7. The third-order valence-electron chi connectivity index (χ3n) is 3.55.